The molecule has 0 N–H and O–H groups in total. The van der Waals surface area contributed by atoms with Gasteiger partial charge in [0.15, 0.2) is 6.10 Å². The third-order valence-corrected chi connectivity index (χ3v) is 14.5. The molecule has 0 spiro atoms. The van der Waals surface area contributed by atoms with Gasteiger partial charge in [-0.25, -0.2) is 0 Å². The van der Waals surface area contributed by atoms with E-state index in [1.165, 1.54) is 257 Å². The van der Waals surface area contributed by atoms with Crippen molar-refractivity contribution >= 4 is 17.9 Å². The highest BCUT2D eigenvalue weighted by Crippen LogP contribution is 2.18. The van der Waals surface area contributed by atoms with Crippen LogP contribution in [0.2, 0.25) is 0 Å². The Labute approximate surface area is 437 Å². The fraction of sp³-hybridized carbons (Fsp3) is 0.922. The number of esters is 3. The van der Waals surface area contributed by atoms with Crippen LogP contribution in [0.15, 0.2) is 12.2 Å². The van der Waals surface area contributed by atoms with E-state index < -0.39 is 6.10 Å². The van der Waals surface area contributed by atoms with Crippen LogP contribution >= 0.6 is 0 Å². The molecule has 1 atom stereocenters. The smallest absolute Gasteiger partial charge is 0.306 e. The predicted molar refractivity (Wildman–Crippen MR) is 303 cm³/mol. The van der Waals surface area contributed by atoms with Gasteiger partial charge in [0.2, 0.25) is 0 Å². The quantitative estimate of drug-likeness (QED) is 0.0261. The van der Waals surface area contributed by atoms with Gasteiger partial charge in [0.1, 0.15) is 13.2 Å². The summed E-state index contributed by atoms with van der Waals surface area (Å²) in [6.07, 6.45) is 69.3. The standard InChI is InChI=1S/C64H122O6/c1-4-7-10-13-16-19-22-25-27-29-31-33-34-36-39-42-45-48-51-54-57-63(66)69-60-61(59-68-62(65)56-53-50-47-44-41-38-24-21-18-15-12-9-6-3)70-64(67)58-55-52-49-46-43-40-37-35-32-30-28-26-23-20-17-14-11-8-5-2/h21,24,61H,4-20,22-23,25-60H2,1-3H3/b24-21-. The van der Waals surface area contributed by atoms with Crippen LogP contribution in [0, 0.1) is 0 Å². The second-order valence-corrected chi connectivity index (χ2v) is 21.7. The van der Waals surface area contributed by atoms with Crippen molar-refractivity contribution in [2.75, 3.05) is 13.2 Å². The van der Waals surface area contributed by atoms with E-state index in [2.05, 4.69) is 32.9 Å². The molecule has 70 heavy (non-hydrogen) atoms. The van der Waals surface area contributed by atoms with Crippen LogP contribution in [0.1, 0.15) is 361 Å². The molecule has 0 heterocycles. The third-order valence-electron chi connectivity index (χ3n) is 14.5. The van der Waals surface area contributed by atoms with Crippen molar-refractivity contribution in [3.05, 3.63) is 12.2 Å². The first-order valence-corrected chi connectivity index (χ1v) is 31.7. The lowest BCUT2D eigenvalue weighted by atomic mass is 10.0. The molecule has 0 aliphatic carbocycles. The molecule has 0 aromatic rings. The molecule has 0 bridgehead atoms. The number of hydrogen-bond acceptors (Lipinski definition) is 6. The molecule has 414 valence electrons. The second-order valence-electron chi connectivity index (χ2n) is 21.7. The summed E-state index contributed by atoms with van der Waals surface area (Å²) in [6.45, 7) is 6.69. The van der Waals surface area contributed by atoms with Crippen molar-refractivity contribution in [1.82, 2.24) is 0 Å². The van der Waals surface area contributed by atoms with Gasteiger partial charge in [0.05, 0.1) is 0 Å². The molecule has 0 aliphatic heterocycles. The van der Waals surface area contributed by atoms with Gasteiger partial charge in [-0.3, -0.25) is 14.4 Å². The zero-order valence-electron chi connectivity index (χ0n) is 47.6. The Hall–Kier alpha value is -1.85. The zero-order valence-corrected chi connectivity index (χ0v) is 47.6. The lowest BCUT2D eigenvalue weighted by molar-refractivity contribution is -0.167. The first-order valence-electron chi connectivity index (χ1n) is 31.7. The van der Waals surface area contributed by atoms with Crippen LogP contribution in [-0.4, -0.2) is 37.2 Å². The molecule has 0 saturated heterocycles. The minimum atomic E-state index is -0.768. The molecule has 0 aromatic carbocycles. The van der Waals surface area contributed by atoms with E-state index in [0.29, 0.717) is 19.3 Å². The van der Waals surface area contributed by atoms with Crippen molar-refractivity contribution in [2.24, 2.45) is 0 Å². The van der Waals surface area contributed by atoms with E-state index in [0.717, 1.165) is 64.2 Å². The normalized spacial score (nSPS) is 12.0. The van der Waals surface area contributed by atoms with Crippen molar-refractivity contribution in [2.45, 2.75) is 367 Å². The summed E-state index contributed by atoms with van der Waals surface area (Å²) >= 11 is 0. The van der Waals surface area contributed by atoms with E-state index in [1.54, 1.807) is 0 Å². The van der Waals surface area contributed by atoms with Gasteiger partial charge in [0.25, 0.3) is 0 Å². The number of unbranched alkanes of at least 4 members (excludes halogenated alkanes) is 46. The number of hydrogen-bond donors (Lipinski definition) is 0. The second kappa shape index (κ2) is 59.7. The minimum Gasteiger partial charge on any atom is -0.462 e. The first kappa shape index (κ1) is 68.2. The number of carbonyl (C=O) groups is 3. The summed E-state index contributed by atoms with van der Waals surface area (Å²) in [6, 6.07) is 0. The molecule has 0 fully saturated rings. The van der Waals surface area contributed by atoms with Crippen molar-refractivity contribution in [3.8, 4) is 0 Å². The molecule has 6 nitrogen and oxygen atoms in total. The molecule has 0 saturated carbocycles. The maximum Gasteiger partial charge on any atom is 0.306 e. The number of carbonyl (C=O) groups excluding carboxylic acids is 3. The van der Waals surface area contributed by atoms with Crippen LogP contribution in [-0.2, 0) is 28.6 Å². The van der Waals surface area contributed by atoms with Gasteiger partial charge in [-0.1, -0.05) is 309 Å². The van der Waals surface area contributed by atoms with Gasteiger partial charge in [0, 0.05) is 19.3 Å². The zero-order chi connectivity index (χ0) is 50.7. The summed E-state index contributed by atoms with van der Waals surface area (Å²) in [5.41, 5.74) is 0. The van der Waals surface area contributed by atoms with E-state index in [4.69, 9.17) is 14.2 Å². The third kappa shape index (κ3) is 57.1. The SMILES string of the molecule is CCCCCC/C=C\CCCCCCCC(=O)OCC(COC(=O)CCCCCCCCCCCCCCCCCCCCCC)OC(=O)CCCCCCCCCCCCCCCCCCCCC. The average Bonchev–Trinajstić information content (AvgIpc) is 3.36. The van der Waals surface area contributed by atoms with Crippen LogP contribution < -0.4 is 0 Å². The maximum atomic E-state index is 12.9. The molecular weight excluding hydrogens is 865 g/mol. The summed E-state index contributed by atoms with van der Waals surface area (Å²) < 4.78 is 16.9. The number of ether oxygens (including phenoxy) is 3. The van der Waals surface area contributed by atoms with Crippen molar-refractivity contribution < 1.29 is 28.6 Å². The Morgan fingerprint density at radius 2 is 0.471 bits per heavy atom. The first-order chi connectivity index (χ1) is 34.5. The Balaban J connectivity index is 4.26. The molecule has 0 amide bonds. The van der Waals surface area contributed by atoms with Gasteiger partial charge in [-0.05, 0) is 44.9 Å². The highest BCUT2D eigenvalue weighted by molar-refractivity contribution is 5.71. The Bertz CT molecular complexity index is 1090. The fourth-order valence-electron chi connectivity index (χ4n) is 9.74. The van der Waals surface area contributed by atoms with Gasteiger partial charge in [-0.15, -0.1) is 0 Å². The topological polar surface area (TPSA) is 78.9 Å². The fourth-order valence-corrected chi connectivity index (χ4v) is 9.74. The number of rotatable bonds is 59. The van der Waals surface area contributed by atoms with E-state index in [9.17, 15) is 14.4 Å². The largest absolute Gasteiger partial charge is 0.462 e. The van der Waals surface area contributed by atoms with Crippen molar-refractivity contribution in [1.29, 1.82) is 0 Å². The lowest BCUT2D eigenvalue weighted by Crippen LogP contribution is -2.30. The molecule has 0 aliphatic rings. The highest BCUT2D eigenvalue weighted by atomic mass is 16.6. The molecule has 0 radical (unpaired) electrons. The molecule has 1 unspecified atom stereocenters. The van der Waals surface area contributed by atoms with Crippen LogP contribution in [0.25, 0.3) is 0 Å². The van der Waals surface area contributed by atoms with Gasteiger partial charge in [-0.2, -0.15) is 0 Å². The monoisotopic (exact) mass is 987 g/mol. The molecule has 0 rings (SSSR count). The predicted octanol–water partition coefficient (Wildman–Crippen LogP) is 21.3. The van der Waals surface area contributed by atoms with Crippen LogP contribution in [0.5, 0.6) is 0 Å². The summed E-state index contributed by atoms with van der Waals surface area (Å²) in [4.78, 5) is 38.3. The minimum absolute atomic E-state index is 0.0660. The highest BCUT2D eigenvalue weighted by Gasteiger charge is 2.19. The summed E-state index contributed by atoms with van der Waals surface area (Å²) in [5, 5.41) is 0. The average molecular weight is 988 g/mol. The molecular formula is C64H122O6. The summed E-state index contributed by atoms with van der Waals surface area (Å²) in [5.74, 6) is -0.845. The van der Waals surface area contributed by atoms with Crippen LogP contribution in [0.3, 0.4) is 0 Å². The van der Waals surface area contributed by atoms with E-state index in [1.807, 2.05) is 0 Å². The van der Waals surface area contributed by atoms with Crippen LogP contribution in [0.4, 0.5) is 0 Å². The molecule has 0 aromatic heterocycles. The lowest BCUT2D eigenvalue weighted by Gasteiger charge is -2.18. The Morgan fingerprint density at radius 3 is 0.729 bits per heavy atom. The summed E-state index contributed by atoms with van der Waals surface area (Å²) in [7, 11) is 0. The van der Waals surface area contributed by atoms with Gasteiger partial charge >= 0.3 is 17.9 Å². The van der Waals surface area contributed by atoms with E-state index in [-0.39, 0.29) is 31.1 Å². The molecule has 6 heteroatoms. The number of allylic oxidation sites excluding steroid dienone is 2. The Morgan fingerprint density at radius 1 is 0.271 bits per heavy atom. The van der Waals surface area contributed by atoms with Gasteiger partial charge < -0.3 is 14.2 Å². The Kier molecular flexibility index (Phi) is 58.1. The maximum absolute atomic E-state index is 12.9. The van der Waals surface area contributed by atoms with Crippen molar-refractivity contribution in [3.63, 3.8) is 0 Å². The van der Waals surface area contributed by atoms with E-state index >= 15 is 0 Å².